The highest BCUT2D eigenvalue weighted by atomic mass is 35.5. The zero-order valence-electron chi connectivity index (χ0n) is 11.0. The molecule has 0 atom stereocenters. The van der Waals surface area contributed by atoms with Gasteiger partial charge in [-0.15, -0.1) is 0 Å². The summed E-state index contributed by atoms with van der Waals surface area (Å²) in [7, 11) is 0. The fourth-order valence-corrected chi connectivity index (χ4v) is 2.58. The molecule has 0 aliphatic rings. The number of aryl methyl sites for hydroxylation is 1. The van der Waals surface area contributed by atoms with Gasteiger partial charge in [-0.3, -0.25) is 4.79 Å². The molecule has 0 amide bonds. The molecular formula is C16H10ClF2NO. The first kappa shape index (κ1) is 13.8. The number of carbonyl (C=O) groups excluding carboxylic acids is 1. The third kappa shape index (κ3) is 2.12. The van der Waals surface area contributed by atoms with Crippen LogP contribution in [-0.4, -0.2) is 11.3 Å². The molecule has 1 aromatic heterocycles. The lowest BCUT2D eigenvalue weighted by Crippen LogP contribution is -1.90. The number of rotatable bonds is 2. The van der Waals surface area contributed by atoms with E-state index in [9.17, 15) is 13.6 Å². The molecule has 21 heavy (non-hydrogen) atoms. The maximum absolute atomic E-state index is 14.0. The van der Waals surface area contributed by atoms with Crippen LogP contribution in [0.2, 0.25) is 5.02 Å². The van der Waals surface area contributed by atoms with Gasteiger partial charge in [0.2, 0.25) is 0 Å². The van der Waals surface area contributed by atoms with Crippen LogP contribution >= 0.6 is 11.6 Å². The fraction of sp³-hybridized carbons (Fsp3) is 0.0625. The van der Waals surface area contributed by atoms with Gasteiger partial charge in [0, 0.05) is 27.6 Å². The van der Waals surface area contributed by atoms with Crippen LogP contribution in [0.4, 0.5) is 8.78 Å². The number of H-pyrrole nitrogens is 1. The first-order valence-electron chi connectivity index (χ1n) is 6.24. The van der Waals surface area contributed by atoms with Gasteiger partial charge in [-0.2, -0.15) is 0 Å². The van der Waals surface area contributed by atoms with Crippen molar-refractivity contribution in [2.75, 3.05) is 0 Å². The van der Waals surface area contributed by atoms with Gasteiger partial charge in [0.25, 0.3) is 0 Å². The Morgan fingerprint density at radius 2 is 1.95 bits per heavy atom. The van der Waals surface area contributed by atoms with Crippen molar-refractivity contribution < 1.29 is 13.6 Å². The van der Waals surface area contributed by atoms with Crippen molar-refractivity contribution in [2.45, 2.75) is 6.92 Å². The fourth-order valence-electron chi connectivity index (χ4n) is 2.43. The number of halogens is 3. The second-order valence-electron chi connectivity index (χ2n) is 4.75. The minimum absolute atomic E-state index is 0.144. The lowest BCUT2D eigenvalue weighted by atomic mass is 10.0. The van der Waals surface area contributed by atoms with E-state index in [2.05, 4.69) is 4.98 Å². The Labute approximate surface area is 124 Å². The average Bonchev–Trinajstić information content (AvgIpc) is 2.82. The molecule has 0 saturated carbocycles. The van der Waals surface area contributed by atoms with Crippen molar-refractivity contribution in [3.8, 4) is 11.3 Å². The monoisotopic (exact) mass is 305 g/mol. The molecule has 2 nitrogen and oxygen atoms in total. The van der Waals surface area contributed by atoms with Crippen LogP contribution in [0.3, 0.4) is 0 Å². The van der Waals surface area contributed by atoms with Crippen molar-refractivity contribution in [2.24, 2.45) is 0 Å². The lowest BCUT2D eigenvalue weighted by molar-refractivity contribution is 0.112. The Balaban J connectivity index is 2.37. The van der Waals surface area contributed by atoms with Gasteiger partial charge in [0.05, 0.1) is 11.2 Å². The third-order valence-corrected chi connectivity index (χ3v) is 3.94. The molecule has 0 spiro atoms. The van der Waals surface area contributed by atoms with E-state index in [4.69, 9.17) is 11.6 Å². The van der Waals surface area contributed by atoms with Gasteiger partial charge in [-0.25, -0.2) is 8.78 Å². The van der Waals surface area contributed by atoms with E-state index in [1.54, 1.807) is 19.1 Å². The summed E-state index contributed by atoms with van der Waals surface area (Å²) in [6.45, 7) is 1.81. The molecule has 0 bridgehead atoms. The standard InChI is InChI=1S/C16H10ClF2NO/c1-8-13(17)5-4-10-12(7-21)16(20-15(8)10)11-3-2-9(18)6-14(11)19/h2-7,20H,1H3. The molecule has 106 valence electrons. The molecular weight excluding hydrogens is 296 g/mol. The van der Waals surface area contributed by atoms with E-state index in [1.165, 1.54) is 6.07 Å². The number of nitrogens with one attached hydrogen (secondary N) is 1. The predicted octanol–water partition coefficient (Wildman–Crippen LogP) is 4.89. The zero-order chi connectivity index (χ0) is 15.1. The van der Waals surface area contributed by atoms with Gasteiger partial charge in [-0.05, 0) is 30.7 Å². The summed E-state index contributed by atoms with van der Waals surface area (Å²) in [5.41, 5.74) is 2.23. The molecule has 1 N–H and O–H groups in total. The quantitative estimate of drug-likeness (QED) is 0.672. The van der Waals surface area contributed by atoms with Crippen LogP contribution in [0, 0.1) is 18.6 Å². The van der Waals surface area contributed by atoms with Gasteiger partial charge in [0.1, 0.15) is 11.6 Å². The second-order valence-corrected chi connectivity index (χ2v) is 5.16. The van der Waals surface area contributed by atoms with E-state index in [-0.39, 0.29) is 5.56 Å². The summed E-state index contributed by atoms with van der Waals surface area (Å²) in [6, 6.07) is 6.63. The Kier molecular flexibility index (Phi) is 3.26. The van der Waals surface area contributed by atoms with Crippen LogP contribution in [0.25, 0.3) is 22.2 Å². The highest BCUT2D eigenvalue weighted by molar-refractivity contribution is 6.32. The summed E-state index contributed by atoms with van der Waals surface area (Å²) in [4.78, 5) is 14.4. The van der Waals surface area contributed by atoms with E-state index in [0.717, 1.165) is 17.7 Å². The van der Waals surface area contributed by atoms with Crippen molar-refractivity contribution >= 4 is 28.8 Å². The third-order valence-electron chi connectivity index (χ3n) is 3.53. The van der Waals surface area contributed by atoms with Gasteiger partial charge < -0.3 is 4.98 Å². The minimum atomic E-state index is -0.728. The number of benzene rings is 2. The lowest BCUT2D eigenvalue weighted by Gasteiger charge is -2.02. The molecule has 3 rings (SSSR count). The molecule has 5 heteroatoms. The van der Waals surface area contributed by atoms with Crippen molar-refractivity contribution in [1.82, 2.24) is 4.98 Å². The summed E-state index contributed by atoms with van der Waals surface area (Å²) in [6.07, 6.45) is 0.657. The van der Waals surface area contributed by atoms with E-state index in [0.29, 0.717) is 33.5 Å². The van der Waals surface area contributed by atoms with Gasteiger partial charge in [0.15, 0.2) is 6.29 Å². The minimum Gasteiger partial charge on any atom is -0.354 e. The Morgan fingerprint density at radius 1 is 1.19 bits per heavy atom. The Morgan fingerprint density at radius 3 is 2.62 bits per heavy atom. The highest BCUT2D eigenvalue weighted by Crippen LogP contribution is 2.34. The predicted molar refractivity (Wildman–Crippen MR) is 78.8 cm³/mol. The highest BCUT2D eigenvalue weighted by Gasteiger charge is 2.17. The van der Waals surface area contributed by atoms with Crippen molar-refractivity contribution in [3.05, 3.63) is 58.1 Å². The number of fused-ring (bicyclic) bond motifs is 1. The van der Waals surface area contributed by atoms with Gasteiger partial charge >= 0.3 is 0 Å². The van der Waals surface area contributed by atoms with Crippen LogP contribution in [-0.2, 0) is 0 Å². The second kappa shape index (κ2) is 4.97. The summed E-state index contributed by atoms with van der Waals surface area (Å²) >= 11 is 6.06. The average molecular weight is 306 g/mol. The van der Waals surface area contributed by atoms with Crippen LogP contribution < -0.4 is 0 Å². The molecule has 2 aromatic carbocycles. The zero-order valence-corrected chi connectivity index (χ0v) is 11.8. The normalized spacial score (nSPS) is 11.0. The first-order valence-corrected chi connectivity index (χ1v) is 6.62. The molecule has 1 heterocycles. The molecule has 0 unspecified atom stereocenters. The molecule has 0 radical (unpaired) electrons. The first-order chi connectivity index (χ1) is 10.0. The molecule has 3 aromatic rings. The molecule has 0 saturated heterocycles. The number of aromatic nitrogens is 1. The summed E-state index contributed by atoms with van der Waals surface area (Å²) in [5, 5.41) is 1.21. The molecule has 0 aliphatic heterocycles. The smallest absolute Gasteiger partial charge is 0.152 e. The topological polar surface area (TPSA) is 32.9 Å². The van der Waals surface area contributed by atoms with Crippen LogP contribution in [0.5, 0.6) is 0 Å². The number of aldehydes is 1. The van der Waals surface area contributed by atoms with Crippen LogP contribution in [0.1, 0.15) is 15.9 Å². The Hall–Kier alpha value is -2.20. The van der Waals surface area contributed by atoms with E-state index < -0.39 is 11.6 Å². The number of carbonyl (C=O) groups is 1. The maximum Gasteiger partial charge on any atom is 0.152 e. The summed E-state index contributed by atoms with van der Waals surface area (Å²) in [5.74, 6) is -1.40. The van der Waals surface area contributed by atoms with Gasteiger partial charge in [-0.1, -0.05) is 17.7 Å². The molecule has 0 fully saturated rings. The SMILES string of the molecule is Cc1c(Cl)ccc2c(C=O)c(-c3ccc(F)cc3F)[nH]c12. The maximum atomic E-state index is 14.0. The summed E-state index contributed by atoms with van der Waals surface area (Å²) < 4.78 is 27.0. The van der Waals surface area contributed by atoms with E-state index >= 15 is 0 Å². The Bertz CT molecular complexity index is 870. The number of hydrogen-bond acceptors (Lipinski definition) is 1. The van der Waals surface area contributed by atoms with Crippen molar-refractivity contribution in [3.63, 3.8) is 0 Å². The number of hydrogen-bond donors (Lipinski definition) is 1. The van der Waals surface area contributed by atoms with E-state index in [1.807, 2.05) is 0 Å². The largest absolute Gasteiger partial charge is 0.354 e. The van der Waals surface area contributed by atoms with Crippen molar-refractivity contribution in [1.29, 1.82) is 0 Å². The van der Waals surface area contributed by atoms with Crippen LogP contribution in [0.15, 0.2) is 30.3 Å². The number of aromatic amines is 1. The molecule has 0 aliphatic carbocycles.